The van der Waals surface area contributed by atoms with E-state index >= 15 is 0 Å². The predicted molar refractivity (Wildman–Crippen MR) is 605 cm³/mol. The highest BCUT2D eigenvalue weighted by Gasteiger charge is 2.50. The molecule has 19 rings (SSSR count). The lowest BCUT2D eigenvalue weighted by Gasteiger charge is -2.49. The summed E-state index contributed by atoms with van der Waals surface area (Å²) in [6, 6.07) is 37.3. The largest absolute Gasteiger partial charge is 0.508 e. The lowest BCUT2D eigenvalue weighted by Crippen LogP contribution is -2.54. The average molecular weight is 1940 g/mol. The maximum Gasteiger partial charge on any atom is 0.211 e. The fraction of sp³-hybridized carbons (Fsp3) is 0.544. The molecule has 16 heteroatoms. The predicted octanol–water partition coefficient (Wildman–Crippen LogP) is 28.1. The number of phenolic OH excluding ortho intramolecular Hbond substituents is 3. The molecule has 8 aromatic rings. The van der Waals surface area contributed by atoms with Gasteiger partial charge in [0.05, 0.1) is 26.9 Å². The van der Waals surface area contributed by atoms with Crippen LogP contribution in [0.25, 0.3) is 6.08 Å². The fourth-order valence-corrected chi connectivity index (χ4v) is 23.1. The van der Waals surface area contributed by atoms with E-state index in [1.54, 1.807) is 27.4 Å². The van der Waals surface area contributed by atoms with E-state index in [2.05, 4.69) is 313 Å². The first-order valence-electron chi connectivity index (χ1n) is 51.7. The Kier molecular flexibility index (Phi) is 33.7. The summed E-state index contributed by atoms with van der Waals surface area (Å²) in [6.45, 7) is 78.9. The van der Waals surface area contributed by atoms with Gasteiger partial charge < -0.3 is 69.4 Å². The van der Waals surface area contributed by atoms with Gasteiger partial charge in [0.2, 0.25) is 5.36 Å². The van der Waals surface area contributed by atoms with Crippen LogP contribution in [0.2, 0.25) is 0 Å². The van der Waals surface area contributed by atoms with Gasteiger partial charge in [-0.1, -0.05) is 224 Å². The molecule has 0 unspecified atom stereocenters. The van der Waals surface area contributed by atoms with E-state index in [9.17, 15) is 15.3 Å². The zero-order valence-corrected chi connectivity index (χ0v) is 91.9. The van der Waals surface area contributed by atoms with Gasteiger partial charge >= 0.3 is 0 Å². The summed E-state index contributed by atoms with van der Waals surface area (Å²) in [7, 11) is 5.03. The van der Waals surface area contributed by atoms with Crippen molar-refractivity contribution in [2.75, 3.05) is 148 Å². The number of nitrogens with zero attached hydrogens (tertiary/aromatic N) is 7. The molecule has 141 heavy (non-hydrogen) atoms. The second-order valence-corrected chi connectivity index (χ2v) is 49.1. The van der Waals surface area contributed by atoms with Gasteiger partial charge in [-0.15, -0.1) is 12.4 Å². The topological polar surface area (TPSA) is 146 Å². The second kappa shape index (κ2) is 42.7. The highest BCUT2D eigenvalue weighted by atomic mass is 35.5. The summed E-state index contributed by atoms with van der Waals surface area (Å²) >= 11 is 0. The standard InChI is InChI=1S/C33H46N2O2.C33H43N2O.2C17H25NO.C16H23NO.C7H9NO.2CH4.ClH/c1-30(2)9-13-34-15-11-32(5,6)24-26(34)22(30)18-20(28(24)36)17-21-19-23-27-25(29(21)37)33(7,8)12-16-35(27)14-10-31(23,3)4;1-30(2)9-13-34-15-11-32(5,6)24-26(34)22(30)18-20-17-21-19-23-27-25(29(21)36-28(20)24)33(7,8)12-16-35(27)14-10-31(23,3)4;2*1-14(2)9-11-18(12-10-15(3)4)16-7-6-8-17(13-16)19-5;1-15(2)7-9-17-10-8-16(3,4)13-12(18)6-5-11(15)14(13)17;1-9-7-4-2-3-6(8)5-7;;;/h18-19,36-37H,9-17H2,1-8H3;17-19H,9-16H2,1-8H3;2*6-10,13H,11-12H2,1-5H3;5-6,18H,7-10H2,1-4H3;2-5H,8H2,1H3;2*1H4;1H/q;+1;;;;;;;. The van der Waals surface area contributed by atoms with Crippen molar-refractivity contribution in [2.24, 2.45) is 0 Å². The lowest BCUT2D eigenvalue weighted by atomic mass is 9.67. The van der Waals surface area contributed by atoms with Gasteiger partial charge in [0.15, 0.2) is 0 Å². The van der Waals surface area contributed by atoms with Crippen molar-refractivity contribution < 1.29 is 34.3 Å². The lowest BCUT2D eigenvalue weighted by molar-refractivity contribution is 0.316. The monoisotopic (exact) mass is 1940 g/mol. The van der Waals surface area contributed by atoms with Crippen LogP contribution in [0.1, 0.15) is 345 Å². The second-order valence-electron chi connectivity index (χ2n) is 49.1. The number of ether oxygens (including phenoxy) is 4. The van der Waals surface area contributed by atoms with Crippen LogP contribution < -0.4 is 69.2 Å². The Labute approximate surface area is 857 Å². The van der Waals surface area contributed by atoms with Crippen molar-refractivity contribution in [3.8, 4) is 46.0 Å². The van der Waals surface area contributed by atoms with Crippen molar-refractivity contribution in [1.82, 2.24) is 4.58 Å². The molecule has 8 aromatic carbocycles. The minimum atomic E-state index is -0.0809. The first kappa shape index (κ1) is 111. The first-order valence-corrected chi connectivity index (χ1v) is 51.7. The van der Waals surface area contributed by atoms with Crippen LogP contribution in [0.5, 0.6) is 46.0 Å². The maximum atomic E-state index is 11.9. The van der Waals surface area contributed by atoms with Gasteiger partial charge in [-0.05, 0) is 256 Å². The van der Waals surface area contributed by atoms with E-state index in [1.807, 2.05) is 48.5 Å². The third kappa shape index (κ3) is 23.2. The molecule has 11 aliphatic rings. The quantitative estimate of drug-likeness (QED) is 0.0439. The van der Waals surface area contributed by atoms with E-state index in [4.69, 9.17) is 24.7 Å². The number of anilines is 7. The smallest absolute Gasteiger partial charge is 0.211 e. The van der Waals surface area contributed by atoms with Crippen molar-refractivity contribution in [3.63, 3.8) is 0 Å². The van der Waals surface area contributed by atoms with E-state index in [0.29, 0.717) is 23.7 Å². The van der Waals surface area contributed by atoms with Crippen molar-refractivity contribution >= 4 is 58.3 Å². The van der Waals surface area contributed by atoms with E-state index < -0.39 is 0 Å². The van der Waals surface area contributed by atoms with Crippen molar-refractivity contribution in [3.05, 3.63) is 239 Å². The Balaban J connectivity index is 0.000000169. The molecule has 5 N–H and O–H groups in total. The molecule has 0 aliphatic carbocycles. The summed E-state index contributed by atoms with van der Waals surface area (Å²) in [4.78, 5) is 14.8. The number of fused-ring (bicyclic) bond motifs is 4. The minimum Gasteiger partial charge on any atom is -0.508 e. The van der Waals surface area contributed by atoms with Gasteiger partial charge in [-0.3, -0.25) is 0 Å². The van der Waals surface area contributed by atoms with Gasteiger partial charge in [-0.2, -0.15) is 0 Å². The SMILES string of the molecule is C.C.CC1(C)CCN2CCC(C)(C)c3c(O)c(Cc4cc5c6c(c4O)C(C)(C)CCN6CCC5(C)C)cc1c32.CC1(C)CCN2CCC(C)(C)c3c(O)ccc1c32.CC1(C)CCN2CCC(C)(C)c3c4c(cc1c32)C=c1cc2c3c(c1O4)C(C)(C)CC[N+]=3CCC2(C)C.COc1cccc(N(CC=C(C)C)CC=C(C)C)c1.COc1cccc(N(CC=C(C)C)CC=C(C)C)c1.COc1cccc(N)c1.Cl. The van der Waals surface area contributed by atoms with Gasteiger partial charge in [0, 0.05) is 205 Å². The number of hydrogen-bond donors (Lipinski definition) is 4. The number of rotatable bonds is 15. The van der Waals surface area contributed by atoms with Crippen LogP contribution in [0.4, 0.5) is 39.8 Å². The van der Waals surface area contributed by atoms with Crippen LogP contribution in [0.3, 0.4) is 0 Å². The number of halogens is 1. The molecule has 0 saturated heterocycles. The first-order chi connectivity index (χ1) is 64.6. The molecule has 0 spiro atoms. The summed E-state index contributed by atoms with van der Waals surface area (Å²) in [5, 5.41) is 36.8. The number of benzene rings is 8. The average Bonchev–Trinajstić information content (AvgIpc) is 0.693. The van der Waals surface area contributed by atoms with Crippen LogP contribution in [0, 0.1) is 0 Å². The molecule has 0 saturated carbocycles. The Bertz CT molecular complexity index is 5910. The summed E-state index contributed by atoms with van der Waals surface area (Å²) in [5.74, 6) is 6.22. The molecular formula is C125H180ClN8O7+. The molecule has 0 amide bonds. The Morgan fingerprint density at radius 2 is 0.695 bits per heavy atom. The normalized spacial score (nSPS) is 18.9. The van der Waals surface area contributed by atoms with E-state index in [0.717, 1.165) is 180 Å². The Hall–Kier alpha value is -10.1. The number of allylic oxidation sites excluding steroid dienone is 4. The number of nitrogens with two attached hydrogens (primary N) is 1. The summed E-state index contributed by atoms with van der Waals surface area (Å²) in [6.07, 6.45) is 23.5. The zero-order chi connectivity index (χ0) is 100. The van der Waals surface area contributed by atoms with Crippen LogP contribution in [0.15, 0.2) is 156 Å². The molecule has 0 fully saturated rings. The van der Waals surface area contributed by atoms with Crippen LogP contribution in [-0.2, 0) is 60.6 Å². The molecule has 15 nitrogen and oxygen atoms in total. The zero-order valence-electron chi connectivity index (χ0n) is 91.0. The molecule has 0 aromatic heterocycles. The Morgan fingerprint density at radius 3 is 1.08 bits per heavy atom. The maximum absolute atomic E-state index is 11.9. The summed E-state index contributed by atoms with van der Waals surface area (Å²) < 4.78 is 25.4. The molecule has 11 aliphatic heterocycles. The van der Waals surface area contributed by atoms with Crippen molar-refractivity contribution in [1.29, 1.82) is 0 Å². The molecule has 0 atom stereocenters. The molecule has 0 radical (unpaired) electrons. The summed E-state index contributed by atoms with van der Waals surface area (Å²) in [5.41, 5.74) is 36.8. The van der Waals surface area contributed by atoms with Crippen LogP contribution in [-0.4, -0.2) is 128 Å². The highest BCUT2D eigenvalue weighted by Crippen LogP contribution is 2.60. The molecular weight excluding hydrogens is 1760 g/mol. The molecule has 0 bridgehead atoms. The third-order valence-corrected chi connectivity index (χ3v) is 32.8. The molecule has 768 valence electrons. The fourth-order valence-electron chi connectivity index (χ4n) is 23.1. The van der Waals surface area contributed by atoms with Gasteiger partial charge in [-0.25, -0.2) is 4.58 Å². The van der Waals surface area contributed by atoms with Gasteiger partial charge in [0.1, 0.15) is 59.1 Å². The highest BCUT2D eigenvalue weighted by molar-refractivity contribution is 5.85. The van der Waals surface area contributed by atoms with Crippen molar-refractivity contribution in [2.45, 2.75) is 333 Å². The van der Waals surface area contributed by atoms with E-state index in [1.165, 1.54) is 149 Å². The number of methoxy groups -OCH3 is 3. The van der Waals surface area contributed by atoms with E-state index in [-0.39, 0.29) is 81.4 Å². The molecule has 11 heterocycles. The third-order valence-electron chi connectivity index (χ3n) is 32.8. The van der Waals surface area contributed by atoms with Crippen LogP contribution >= 0.6 is 12.4 Å². The van der Waals surface area contributed by atoms with Gasteiger partial charge in [0.25, 0.3) is 0 Å². The minimum absolute atomic E-state index is 0. The number of aromatic hydroxyl groups is 3. The number of hydrogen-bond acceptors (Lipinski definition) is 14. The number of phenols is 3. The Morgan fingerprint density at radius 1 is 0.369 bits per heavy atom. The number of nitrogen functional groups attached to an aromatic ring is 1.